The van der Waals surface area contributed by atoms with E-state index >= 15 is 0 Å². The molecule has 2 aliphatic rings. The number of hydrogen-bond donors (Lipinski definition) is 1. The molecule has 1 atom stereocenters. The van der Waals surface area contributed by atoms with Crippen LogP contribution in [0.15, 0.2) is 54.6 Å². The van der Waals surface area contributed by atoms with Crippen LogP contribution < -0.4 is 19.5 Å². The molecule has 0 aliphatic carbocycles. The van der Waals surface area contributed by atoms with Crippen LogP contribution in [0.3, 0.4) is 0 Å². The van der Waals surface area contributed by atoms with E-state index in [1.54, 1.807) is 0 Å². The van der Waals surface area contributed by atoms with Crippen molar-refractivity contribution in [3.05, 3.63) is 76.9 Å². The molecule has 6 nitrogen and oxygen atoms in total. The van der Waals surface area contributed by atoms with Gasteiger partial charge in [0.15, 0.2) is 0 Å². The summed E-state index contributed by atoms with van der Waals surface area (Å²) < 4.78 is 22.7. The summed E-state index contributed by atoms with van der Waals surface area (Å²) in [5.41, 5.74) is 6.91. The molecule has 1 fully saturated rings. The zero-order chi connectivity index (χ0) is 24.4. The van der Waals surface area contributed by atoms with E-state index in [0.29, 0.717) is 19.6 Å². The third kappa shape index (κ3) is 5.13. The predicted octanol–water partition coefficient (Wildman–Crippen LogP) is 4.94. The number of carbonyl (C=O) groups excluding carboxylic acids is 1. The Hall–Kier alpha value is -3.51. The van der Waals surface area contributed by atoms with Gasteiger partial charge in [0.25, 0.3) is 0 Å². The summed E-state index contributed by atoms with van der Waals surface area (Å²) in [5.74, 6) is 2.25. The number of ether oxygens (including phenoxy) is 4. The van der Waals surface area contributed by atoms with Crippen molar-refractivity contribution in [3.8, 4) is 28.4 Å². The molecule has 1 saturated heterocycles. The Bertz CT molecular complexity index is 1210. The molecule has 0 saturated carbocycles. The Morgan fingerprint density at radius 2 is 1.83 bits per heavy atom. The molecule has 0 amide bonds. The normalized spacial score (nSPS) is 16.7. The number of rotatable bonds is 8. The van der Waals surface area contributed by atoms with E-state index in [1.165, 1.54) is 29.4 Å². The standard InChI is InChI=1S/C29H31NO5/c1-18-9-24(35-25-14-30-15-25)10-19(2)29(18)21-6-4-5-20(11-21)16-33-23-7-8-26-22(12-28(31)32-3)17-34-27(26)13-23/h4-11,13,22,25,30H,12,14-17H2,1-3H3. The molecular formula is C29H31NO5. The Balaban J connectivity index is 1.27. The summed E-state index contributed by atoms with van der Waals surface area (Å²) in [6, 6.07) is 18.5. The van der Waals surface area contributed by atoms with Gasteiger partial charge in [-0.1, -0.05) is 24.3 Å². The third-order valence-corrected chi connectivity index (χ3v) is 6.68. The lowest BCUT2D eigenvalue weighted by Crippen LogP contribution is -2.50. The summed E-state index contributed by atoms with van der Waals surface area (Å²) in [6.45, 7) is 7.02. The van der Waals surface area contributed by atoms with Crippen molar-refractivity contribution >= 4 is 5.97 Å². The van der Waals surface area contributed by atoms with Crippen molar-refractivity contribution in [1.29, 1.82) is 0 Å². The van der Waals surface area contributed by atoms with Gasteiger partial charge in [-0.05, 0) is 65.9 Å². The number of hydrogen-bond acceptors (Lipinski definition) is 6. The highest BCUT2D eigenvalue weighted by molar-refractivity contribution is 5.72. The number of aryl methyl sites for hydroxylation is 2. The fourth-order valence-electron chi connectivity index (χ4n) is 4.77. The average Bonchev–Trinajstić information content (AvgIpc) is 3.21. The van der Waals surface area contributed by atoms with Crippen LogP contribution in [0.2, 0.25) is 0 Å². The van der Waals surface area contributed by atoms with E-state index in [9.17, 15) is 4.79 Å². The maximum absolute atomic E-state index is 11.6. The average molecular weight is 474 g/mol. The maximum atomic E-state index is 11.6. The molecule has 2 heterocycles. The van der Waals surface area contributed by atoms with E-state index in [2.05, 4.69) is 55.6 Å². The van der Waals surface area contributed by atoms with Crippen LogP contribution in [0.4, 0.5) is 0 Å². The van der Waals surface area contributed by atoms with Crippen molar-refractivity contribution in [2.75, 3.05) is 26.8 Å². The van der Waals surface area contributed by atoms with Gasteiger partial charge in [0, 0.05) is 30.6 Å². The molecule has 2 aliphatic heterocycles. The first kappa shape index (κ1) is 23.2. The van der Waals surface area contributed by atoms with Gasteiger partial charge in [0.1, 0.15) is 30.0 Å². The number of fused-ring (bicyclic) bond motifs is 1. The number of carbonyl (C=O) groups is 1. The maximum Gasteiger partial charge on any atom is 0.306 e. The van der Waals surface area contributed by atoms with E-state index in [4.69, 9.17) is 18.9 Å². The van der Waals surface area contributed by atoms with Crippen LogP contribution in [0.25, 0.3) is 11.1 Å². The SMILES string of the molecule is COC(=O)CC1COc2cc(OCc3cccc(-c4c(C)cc(OC5CNC5)cc4C)c3)ccc21. The summed E-state index contributed by atoms with van der Waals surface area (Å²) in [7, 11) is 1.41. The Morgan fingerprint density at radius 3 is 2.54 bits per heavy atom. The quantitative estimate of drug-likeness (QED) is 0.468. The van der Waals surface area contributed by atoms with Gasteiger partial charge in [0.05, 0.1) is 20.1 Å². The Morgan fingerprint density at radius 1 is 1.03 bits per heavy atom. The lowest BCUT2D eigenvalue weighted by atomic mass is 9.94. The molecule has 3 aromatic carbocycles. The molecule has 6 heteroatoms. The van der Waals surface area contributed by atoms with Crippen LogP contribution in [-0.2, 0) is 16.1 Å². The van der Waals surface area contributed by atoms with Gasteiger partial charge in [-0.3, -0.25) is 4.79 Å². The van der Waals surface area contributed by atoms with Gasteiger partial charge in [0.2, 0.25) is 0 Å². The molecule has 0 radical (unpaired) electrons. The molecule has 3 aromatic rings. The molecule has 1 unspecified atom stereocenters. The van der Waals surface area contributed by atoms with Crippen LogP contribution in [0.5, 0.6) is 17.2 Å². The minimum atomic E-state index is -0.227. The third-order valence-electron chi connectivity index (χ3n) is 6.68. The van der Waals surface area contributed by atoms with Crippen LogP contribution in [0, 0.1) is 13.8 Å². The summed E-state index contributed by atoms with van der Waals surface area (Å²) in [4.78, 5) is 11.6. The highest BCUT2D eigenvalue weighted by Crippen LogP contribution is 2.38. The van der Waals surface area contributed by atoms with Gasteiger partial charge in [-0.15, -0.1) is 0 Å². The van der Waals surface area contributed by atoms with Crippen molar-refractivity contribution in [3.63, 3.8) is 0 Å². The van der Waals surface area contributed by atoms with Gasteiger partial charge >= 0.3 is 5.97 Å². The van der Waals surface area contributed by atoms with Crippen LogP contribution >= 0.6 is 0 Å². The molecule has 0 bridgehead atoms. The smallest absolute Gasteiger partial charge is 0.306 e. The van der Waals surface area contributed by atoms with E-state index in [-0.39, 0.29) is 18.0 Å². The molecular weight excluding hydrogens is 442 g/mol. The minimum absolute atomic E-state index is 0.0248. The highest BCUT2D eigenvalue weighted by Gasteiger charge is 2.27. The topological polar surface area (TPSA) is 66.0 Å². The highest BCUT2D eigenvalue weighted by atomic mass is 16.5. The molecule has 35 heavy (non-hydrogen) atoms. The second-order valence-corrected chi connectivity index (χ2v) is 9.31. The number of esters is 1. The zero-order valence-corrected chi connectivity index (χ0v) is 20.4. The summed E-state index contributed by atoms with van der Waals surface area (Å²) in [5, 5.41) is 3.24. The first-order valence-electron chi connectivity index (χ1n) is 12.0. The van der Waals surface area contributed by atoms with Crippen molar-refractivity contribution in [2.45, 2.75) is 38.9 Å². The van der Waals surface area contributed by atoms with Crippen molar-refractivity contribution in [1.82, 2.24) is 5.32 Å². The number of methoxy groups -OCH3 is 1. The molecule has 0 aromatic heterocycles. The minimum Gasteiger partial charge on any atom is -0.492 e. The summed E-state index contributed by atoms with van der Waals surface area (Å²) in [6.07, 6.45) is 0.587. The van der Waals surface area contributed by atoms with Crippen molar-refractivity contribution < 1.29 is 23.7 Å². The van der Waals surface area contributed by atoms with E-state index in [0.717, 1.165) is 41.5 Å². The first-order chi connectivity index (χ1) is 17.0. The Labute approximate surface area is 206 Å². The van der Waals surface area contributed by atoms with Gasteiger partial charge in [-0.25, -0.2) is 0 Å². The second-order valence-electron chi connectivity index (χ2n) is 9.31. The molecule has 182 valence electrons. The first-order valence-corrected chi connectivity index (χ1v) is 12.0. The van der Waals surface area contributed by atoms with Crippen LogP contribution in [-0.4, -0.2) is 38.9 Å². The van der Waals surface area contributed by atoms with Crippen molar-refractivity contribution in [2.24, 2.45) is 0 Å². The predicted molar refractivity (Wildman–Crippen MR) is 134 cm³/mol. The largest absolute Gasteiger partial charge is 0.492 e. The lowest BCUT2D eigenvalue weighted by Gasteiger charge is -2.28. The Kier molecular flexibility index (Phi) is 6.64. The summed E-state index contributed by atoms with van der Waals surface area (Å²) >= 11 is 0. The monoisotopic (exact) mass is 473 g/mol. The van der Waals surface area contributed by atoms with E-state index in [1.807, 2.05) is 18.2 Å². The second kappa shape index (κ2) is 10.0. The van der Waals surface area contributed by atoms with Crippen LogP contribution in [0.1, 0.15) is 34.6 Å². The fraction of sp³-hybridized carbons (Fsp3) is 0.345. The zero-order valence-electron chi connectivity index (χ0n) is 20.4. The fourth-order valence-corrected chi connectivity index (χ4v) is 4.77. The number of benzene rings is 3. The molecule has 1 N–H and O–H groups in total. The van der Waals surface area contributed by atoms with Gasteiger partial charge < -0.3 is 24.3 Å². The molecule has 5 rings (SSSR count). The van der Waals surface area contributed by atoms with Gasteiger partial charge in [-0.2, -0.15) is 0 Å². The molecule has 0 spiro atoms. The van der Waals surface area contributed by atoms with E-state index < -0.39 is 0 Å². The lowest BCUT2D eigenvalue weighted by molar-refractivity contribution is -0.141. The number of nitrogens with one attached hydrogen (secondary N) is 1.